The molecule has 2 aliphatic rings. The Bertz CT molecular complexity index is 180. The zero-order chi connectivity index (χ0) is 10.5. The molecule has 0 aromatic rings. The smallest absolute Gasteiger partial charge is 0.0646 e. The molecule has 0 amide bonds. The summed E-state index contributed by atoms with van der Waals surface area (Å²) < 4.78 is 11.3. The second kappa shape index (κ2) is 5.83. The minimum atomic E-state index is 0.493. The van der Waals surface area contributed by atoms with Gasteiger partial charge in [-0.25, -0.2) is 0 Å². The predicted molar refractivity (Wildman–Crippen MR) is 59.9 cm³/mol. The molecular formula is C12H23NO2. The summed E-state index contributed by atoms with van der Waals surface area (Å²) in [4.78, 5) is 0. The van der Waals surface area contributed by atoms with Gasteiger partial charge in [0.2, 0.25) is 0 Å². The number of ether oxygens (including phenoxy) is 2. The molecule has 2 heterocycles. The van der Waals surface area contributed by atoms with E-state index in [4.69, 9.17) is 9.47 Å². The summed E-state index contributed by atoms with van der Waals surface area (Å²) in [5, 5.41) is 3.45. The number of hydrogen-bond donors (Lipinski definition) is 1. The molecule has 0 aromatic heterocycles. The van der Waals surface area contributed by atoms with Crippen LogP contribution in [0.25, 0.3) is 0 Å². The maximum absolute atomic E-state index is 5.91. The Labute approximate surface area is 92.5 Å². The van der Waals surface area contributed by atoms with E-state index in [1.165, 1.54) is 19.3 Å². The molecular weight excluding hydrogens is 190 g/mol. The molecule has 0 aromatic carbocycles. The molecule has 3 heteroatoms. The van der Waals surface area contributed by atoms with Gasteiger partial charge in [0.25, 0.3) is 0 Å². The molecule has 2 atom stereocenters. The van der Waals surface area contributed by atoms with Crippen molar-refractivity contribution in [3.05, 3.63) is 0 Å². The Balaban J connectivity index is 1.82. The summed E-state index contributed by atoms with van der Waals surface area (Å²) in [6.45, 7) is 7.17. The summed E-state index contributed by atoms with van der Waals surface area (Å²) in [5.41, 5.74) is 0. The largest absolute Gasteiger partial charge is 0.381 e. The Hall–Kier alpha value is -0.120. The van der Waals surface area contributed by atoms with Crippen LogP contribution in [0.1, 0.15) is 26.2 Å². The van der Waals surface area contributed by atoms with Crippen molar-refractivity contribution in [3.8, 4) is 0 Å². The summed E-state index contributed by atoms with van der Waals surface area (Å²) in [6.07, 6.45) is 4.10. The first-order chi connectivity index (χ1) is 7.42. The third-order valence-electron chi connectivity index (χ3n) is 3.65. The lowest BCUT2D eigenvalue weighted by Gasteiger charge is -2.30. The molecule has 2 unspecified atom stereocenters. The Morgan fingerprint density at radius 2 is 1.93 bits per heavy atom. The van der Waals surface area contributed by atoms with Crippen LogP contribution in [0.2, 0.25) is 0 Å². The van der Waals surface area contributed by atoms with Gasteiger partial charge in [0.1, 0.15) is 0 Å². The molecule has 2 aliphatic heterocycles. The minimum Gasteiger partial charge on any atom is -0.381 e. The quantitative estimate of drug-likeness (QED) is 0.766. The first-order valence-corrected chi connectivity index (χ1v) is 6.32. The van der Waals surface area contributed by atoms with Crippen molar-refractivity contribution in [1.29, 1.82) is 0 Å². The molecule has 1 N–H and O–H groups in total. The van der Waals surface area contributed by atoms with E-state index in [0.29, 0.717) is 6.10 Å². The van der Waals surface area contributed by atoms with Gasteiger partial charge in [-0.15, -0.1) is 0 Å². The molecule has 2 fully saturated rings. The highest BCUT2D eigenvalue weighted by Gasteiger charge is 2.35. The van der Waals surface area contributed by atoms with Crippen molar-refractivity contribution >= 4 is 0 Å². The van der Waals surface area contributed by atoms with E-state index in [0.717, 1.165) is 44.7 Å². The molecule has 0 saturated carbocycles. The van der Waals surface area contributed by atoms with Crippen LogP contribution in [-0.2, 0) is 9.47 Å². The van der Waals surface area contributed by atoms with Crippen molar-refractivity contribution in [2.45, 2.75) is 32.3 Å². The fourth-order valence-corrected chi connectivity index (χ4v) is 2.77. The van der Waals surface area contributed by atoms with Crippen molar-refractivity contribution in [2.24, 2.45) is 11.8 Å². The van der Waals surface area contributed by atoms with Gasteiger partial charge in [0.05, 0.1) is 6.10 Å². The maximum atomic E-state index is 5.91. The van der Waals surface area contributed by atoms with Gasteiger partial charge in [0, 0.05) is 32.3 Å². The van der Waals surface area contributed by atoms with E-state index in [-0.39, 0.29) is 0 Å². The molecule has 88 valence electrons. The fourth-order valence-electron chi connectivity index (χ4n) is 2.77. The minimum absolute atomic E-state index is 0.493. The molecule has 0 radical (unpaired) electrons. The zero-order valence-corrected chi connectivity index (χ0v) is 9.71. The molecule has 0 bridgehead atoms. The van der Waals surface area contributed by atoms with Gasteiger partial charge >= 0.3 is 0 Å². The average molecular weight is 213 g/mol. The van der Waals surface area contributed by atoms with Crippen LogP contribution in [-0.4, -0.2) is 39.0 Å². The summed E-state index contributed by atoms with van der Waals surface area (Å²) in [5.74, 6) is 1.47. The Morgan fingerprint density at radius 3 is 2.67 bits per heavy atom. The Morgan fingerprint density at radius 1 is 1.13 bits per heavy atom. The number of hydrogen-bond acceptors (Lipinski definition) is 3. The molecule has 3 nitrogen and oxygen atoms in total. The van der Waals surface area contributed by atoms with Gasteiger partial charge in [-0.1, -0.05) is 6.92 Å². The normalized spacial score (nSPS) is 33.4. The SMILES string of the molecule is CCNCC1CCOC1C1CCOCC1. The first kappa shape index (κ1) is 11.4. The standard InChI is InChI=1S/C12H23NO2/c1-2-13-9-11-5-8-15-12(11)10-3-6-14-7-4-10/h10-13H,2-9H2,1H3. The maximum Gasteiger partial charge on any atom is 0.0646 e. The third kappa shape index (κ3) is 2.92. The topological polar surface area (TPSA) is 30.5 Å². The molecule has 2 rings (SSSR count). The van der Waals surface area contributed by atoms with Crippen LogP contribution < -0.4 is 5.32 Å². The second-order valence-corrected chi connectivity index (χ2v) is 4.64. The van der Waals surface area contributed by atoms with Crippen molar-refractivity contribution in [2.75, 3.05) is 32.9 Å². The predicted octanol–water partition coefficient (Wildman–Crippen LogP) is 1.43. The van der Waals surface area contributed by atoms with Crippen LogP contribution in [0.5, 0.6) is 0 Å². The average Bonchev–Trinajstić information content (AvgIpc) is 2.75. The van der Waals surface area contributed by atoms with E-state index in [1.807, 2.05) is 0 Å². The van der Waals surface area contributed by atoms with Crippen LogP contribution in [0.3, 0.4) is 0 Å². The zero-order valence-electron chi connectivity index (χ0n) is 9.71. The van der Waals surface area contributed by atoms with Gasteiger partial charge < -0.3 is 14.8 Å². The lowest BCUT2D eigenvalue weighted by molar-refractivity contribution is -0.0186. The van der Waals surface area contributed by atoms with E-state index in [2.05, 4.69) is 12.2 Å². The van der Waals surface area contributed by atoms with Crippen molar-refractivity contribution in [3.63, 3.8) is 0 Å². The van der Waals surface area contributed by atoms with E-state index in [1.54, 1.807) is 0 Å². The first-order valence-electron chi connectivity index (χ1n) is 6.32. The van der Waals surface area contributed by atoms with E-state index < -0.39 is 0 Å². The Kier molecular flexibility index (Phi) is 4.42. The molecule has 0 spiro atoms. The van der Waals surface area contributed by atoms with Gasteiger partial charge in [0.15, 0.2) is 0 Å². The van der Waals surface area contributed by atoms with Gasteiger partial charge in [-0.3, -0.25) is 0 Å². The van der Waals surface area contributed by atoms with Crippen molar-refractivity contribution in [1.82, 2.24) is 5.32 Å². The molecule has 2 saturated heterocycles. The van der Waals surface area contributed by atoms with Gasteiger partial charge in [-0.2, -0.15) is 0 Å². The summed E-state index contributed by atoms with van der Waals surface area (Å²) in [6, 6.07) is 0. The van der Waals surface area contributed by atoms with E-state index in [9.17, 15) is 0 Å². The monoisotopic (exact) mass is 213 g/mol. The van der Waals surface area contributed by atoms with Crippen LogP contribution in [0.15, 0.2) is 0 Å². The van der Waals surface area contributed by atoms with Crippen LogP contribution in [0, 0.1) is 11.8 Å². The van der Waals surface area contributed by atoms with Crippen LogP contribution in [0.4, 0.5) is 0 Å². The molecule has 15 heavy (non-hydrogen) atoms. The second-order valence-electron chi connectivity index (χ2n) is 4.64. The number of nitrogens with one attached hydrogen (secondary N) is 1. The highest BCUT2D eigenvalue weighted by molar-refractivity contribution is 4.84. The third-order valence-corrected chi connectivity index (χ3v) is 3.65. The highest BCUT2D eigenvalue weighted by Crippen LogP contribution is 2.32. The highest BCUT2D eigenvalue weighted by atomic mass is 16.5. The summed E-state index contributed by atoms with van der Waals surface area (Å²) >= 11 is 0. The van der Waals surface area contributed by atoms with Crippen molar-refractivity contribution < 1.29 is 9.47 Å². The van der Waals surface area contributed by atoms with Gasteiger partial charge in [-0.05, 0) is 31.7 Å². The van der Waals surface area contributed by atoms with E-state index >= 15 is 0 Å². The lowest BCUT2D eigenvalue weighted by atomic mass is 9.85. The number of rotatable bonds is 4. The molecule has 0 aliphatic carbocycles. The van der Waals surface area contributed by atoms with Crippen LogP contribution >= 0.6 is 0 Å². The lowest BCUT2D eigenvalue weighted by Crippen LogP contribution is -2.36. The summed E-state index contributed by atoms with van der Waals surface area (Å²) in [7, 11) is 0. The fraction of sp³-hybridized carbons (Fsp3) is 1.00.